The lowest BCUT2D eigenvalue weighted by atomic mass is 10.2. The zero-order chi connectivity index (χ0) is 7.28. The summed E-state index contributed by atoms with van der Waals surface area (Å²) in [6.07, 6.45) is 5.57. The van der Waals surface area contributed by atoms with Gasteiger partial charge in [-0.2, -0.15) is 0 Å². The number of hydrogen-bond donors (Lipinski definition) is 1. The van der Waals surface area contributed by atoms with Gasteiger partial charge in [0.05, 0.1) is 5.76 Å². The van der Waals surface area contributed by atoms with Gasteiger partial charge in [0.25, 0.3) is 0 Å². The van der Waals surface area contributed by atoms with Gasteiger partial charge in [-0.1, -0.05) is 26.0 Å². The first-order chi connectivity index (χ1) is 4.13. The highest BCUT2D eigenvalue weighted by molar-refractivity contribution is 5.05. The fourth-order valence-electron chi connectivity index (χ4n) is 0.417. The van der Waals surface area contributed by atoms with Gasteiger partial charge in [0.1, 0.15) is 0 Å². The van der Waals surface area contributed by atoms with Gasteiger partial charge < -0.3 is 5.11 Å². The minimum Gasteiger partial charge on any atom is -0.513 e. The number of aliphatic hydroxyl groups is 1. The number of aliphatic hydroxyl groups excluding tert-OH is 1. The van der Waals surface area contributed by atoms with Gasteiger partial charge in [0.2, 0.25) is 0 Å². The predicted molar refractivity (Wildman–Crippen MR) is 40.4 cm³/mol. The van der Waals surface area contributed by atoms with Gasteiger partial charge >= 0.3 is 0 Å². The fourth-order valence-corrected chi connectivity index (χ4v) is 0.417. The largest absolute Gasteiger partial charge is 0.513 e. The van der Waals surface area contributed by atoms with Crippen LogP contribution in [0.1, 0.15) is 20.8 Å². The van der Waals surface area contributed by atoms with Gasteiger partial charge in [-0.25, -0.2) is 0 Å². The first-order valence-corrected chi connectivity index (χ1v) is 3.17. The summed E-state index contributed by atoms with van der Waals surface area (Å²) in [6.45, 7) is 5.85. The maximum Gasteiger partial charge on any atom is 0.0891 e. The van der Waals surface area contributed by atoms with Crippen LogP contribution in [0.4, 0.5) is 0 Å². The van der Waals surface area contributed by atoms with Gasteiger partial charge in [-0.3, -0.25) is 0 Å². The molecular weight excluding hydrogens is 112 g/mol. The van der Waals surface area contributed by atoms with Gasteiger partial charge in [-0.15, -0.1) is 0 Å². The summed E-state index contributed by atoms with van der Waals surface area (Å²) in [5.41, 5.74) is 0. The molecule has 0 aliphatic rings. The summed E-state index contributed by atoms with van der Waals surface area (Å²) in [5.74, 6) is 0.910. The average Bonchev–Trinajstić information content (AvgIpc) is 1.63. The predicted octanol–water partition coefficient (Wildman–Crippen LogP) is 2.66. The molecule has 0 aliphatic carbocycles. The van der Waals surface area contributed by atoms with E-state index in [-0.39, 0.29) is 0 Å². The molecule has 0 bridgehead atoms. The molecule has 0 rings (SSSR count). The zero-order valence-electron chi connectivity index (χ0n) is 6.26. The summed E-state index contributed by atoms with van der Waals surface area (Å²) in [5, 5.41) is 8.68. The molecule has 0 aromatic heterocycles. The van der Waals surface area contributed by atoms with Gasteiger partial charge in [0.15, 0.2) is 0 Å². The van der Waals surface area contributed by atoms with E-state index in [1.165, 1.54) is 0 Å². The minimum atomic E-state index is 0.354. The third-order valence-corrected chi connectivity index (χ3v) is 0.833. The van der Waals surface area contributed by atoms with Crippen molar-refractivity contribution < 1.29 is 5.11 Å². The summed E-state index contributed by atoms with van der Waals surface area (Å²) in [4.78, 5) is 0. The Kier molecular flexibility index (Phi) is 3.85. The van der Waals surface area contributed by atoms with Crippen LogP contribution in [-0.4, -0.2) is 5.11 Å². The van der Waals surface area contributed by atoms with E-state index in [2.05, 4.69) is 13.8 Å². The van der Waals surface area contributed by atoms with Crippen LogP contribution < -0.4 is 0 Å². The van der Waals surface area contributed by atoms with Crippen molar-refractivity contribution in [2.75, 3.05) is 0 Å². The summed E-state index contributed by atoms with van der Waals surface area (Å²) in [7, 11) is 0. The molecule has 0 heterocycles. The fraction of sp³-hybridized carbons (Fsp3) is 0.500. The molecule has 1 heteroatoms. The Balaban J connectivity index is 3.60. The van der Waals surface area contributed by atoms with E-state index in [1.54, 1.807) is 13.0 Å². The molecule has 0 fully saturated rings. The summed E-state index contributed by atoms with van der Waals surface area (Å²) < 4.78 is 0. The summed E-state index contributed by atoms with van der Waals surface area (Å²) >= 11 is 0. The quantitative estimate of drug-likeness (QED) is 0.445. The second-order valence-corrected chi connectivity index (χ2v) is 2.44. The Morgan fingerprint density at radius 2 is 2.00 bits per heavy atom. The lowest BCUT2D eigenvalue weighted by Crippen LogP contribution is -1.75. The molecule has 0 atom stereocenters. The van der Waals surface area contributed by atoms with Crippen molar-refractivity contribution in [2.24, 2.45) is 5.92 Å². The zero-order valence-corrected chi connectivity index (χ0v) is 6.26. The van der Waals surface area contributed by atoms with E-state index in [9.17, 15) is 0 Å². The van der Waals surface area contributed by atoms with Crippen LogP contribution in [0.2, 0.25) is 0 Å². The topological polar surface area (TPSA) is 20.2 Å². The number of rotatable bonds is 2. The SMILES string of the molecule is C/C(O)=C/C=C/C(C)C. The van der Waals surface area contributed by atoms with Crippen LogP contribution in [0.15, 0.2) is 24.0 Å². The maximum atomic E-state index is 8.68. The first-order valence-electron chi connectivity index (χ1n) is 3.17. The normalized spacial score (nSPS) is 13.6. The molecule has 0 spiro atoms. The molecule has 1 nitrogen and oxygen atoms in total. The molecule has 9 heavy (non-hydrogen) atoms. The van der Waals surface area contributed by atoms with Crippen LogP contribution in [0, 0.1) is 5.92 Å². The molecule has 0 saturated heterocycles. The van der Waals surface area contributed by atoms with Crippen LogP contribution in [0.25, 0.3) is 0 Å². The van der Waals surface area contributed by atoms with Crippen LogP contribution in [0.5, 0.6) is 0 Å². The smallest absolute Gasteiger partial charge is 0.0891 e. The van der Waals surface area contributed by atoms with E-state index in [4.69, 9.17) is 5.11 Å². The minimum absolute atomic E-state index is 0.354. The molecular formula is C8H14O. The second-order valence-electron chi connectivity index (χ2n) is 2.44. The van der Waals surface area contributed by atoms with Crippen LogP contribution >= 0.6 is 0 Å². The molecule has 52 valence electrons. The van der Waals surface area contributed by atoms with Crippen LogP contribution in [-0.2, 0) is 0 Å². The van der Waals surface area contributed by atoms with Crippen molar-refractivity contribution in [3.8, 4) is 0 Å². The Morgan fingerprint density at radius 3 is 2.33 bits per heavy atom. The maximum absolute atomic E-state index is 8.68. The third-order valence-electron chi connectivity index (χ3n) is 0.833. The standard InChI is InChI=1S/C8H14O/c1-7(2)5-4-6-8(3)9/h4-7,9H,1-3H3/b5-4+,8-6-. The van der Waals surface area contributed by atoms with Crippen molar-refractivity contribution in [1.29, 1.82) is 0 Å². The molecule has 0 aromatic carbocycles. The van der Waals surface area contributed by atoms with Crippen molar-refractivity contribution in [2.45, 2.75) is 20.8 Å². The van der Waals surface area contributed by atoms with Crippen molar-refractivity contribution >= 4 is 0 Å². The van der Waals surface area contributed by atoms with Crippen LogP contribution in [0.3, 0.4) is 0 Å². The van der Waals surface area contributed by atoms with E-state index < -0.39 is 0 Å². The number of hydrogen-bond acceptors (Lipinski definition) is 1. The van der Waals surface area contributed by atoms with Gasteiger partial charge in [0, 0.05) is 0 Å². The lowest BCUT2D eigenvalue weighted by Gasteiger charge is -1.89. The monoisotopic (exact) mass is 126 g/mol. The van der Waals surface area contributed by atoms with Crippen molar-refractivity contribution in [3.63, 3.8) is 0 Å². The van der Waals surface area contributed by atoms with Crippen molar-refractivity contribution in [3.05, 3.63) is 24.0 Å². The Hall–Kier alpha value is -0.720. The Morgan fingerprint density at radius 1 is 1.44 bits per heavy atom. The average molecular weight is 126 g/mol. The van der Waals surface area contributed by atoms with Gasteiger partial charge in [-0.05, 0) is 18.9 Å². The van der Waals surface area contributed by atoms with E-state index in [1.807, 2.05) is 12.2 Å². The Labute approximate surface area is 56.7 Å². The molecule has 0 radical (unpaired) electrons. The van der Waals surface area contributed by atoms with E-state index in [0.29, 0.717) is 11.7 Å². The second kappa shape index (κ2) is 4.19. The van der Waals surface area contributed by atoms with E-state index in [0.717, 1.165) is 0 Å². The lowest BCUT2D eigenvalue weighted by molar-refractivity contribution is 0.414. The molecule has 0 amide bonds. The van der Waals surface area contributed by atoms with E-state index >= 15 is 0 Å². The molecule has 0 unspecified atom stereocenters. The first kappa shape index (κ1) is 8.28. The molecule has 1 N–H and O–H groups in total. The summed E-state index contributed by atoms with van der Waals surface area (Å²) in [6, 6.07) is 0. The molecule has 0 aromatic rings. The highest BCUT2D eigenvalue weighted by Gasteiger charge is 1.80. The number of allylic oxidation sites excluding steroid dienone is 4. The highest BCUT2D eigenvalue weighted by atomic mass is 16.3. The highest BCUT2D eigenvalue weighted by Crippen LogP contribution is 1.94. The third kappa shape index (κ3) is 7.28. The molecule has 0 aliphatic heterocycles. The Bertz CT molecular complexity index is 117. The van der Waals surface area contributed by atoms with Crippen molar-refractivity contribution in [1.82, 2.24) is 0 Å². The molecule has 0 saturated carbocycles.